The van der Waals surface area contributed by atoms with Crippen molar-refractivity contribution in [3.05, 3.63) is 35.4 Å². The van der Waals surface area contributed by atoms with Gasteiger partial charge in [-0.25, -0.2) is 0 Å². The summed E-state index contributed by atoms with van der Waals surface area (Å²) in [5, 5.41) is 6.74. The number of ether oxygens (including phenoxy) is 1. The Balaban J connectivity index is 1.62. The fourth-order valence-corrected chi connectivity index (χ4v) is 2.57. The molecule has 22 heavy (non-hydrogen) atoms. The smallest absolute Gasteiger partial charge is 0.191 e. The lowest BCUT2D eigenvalue weighted by atomic mass is 10.1. The lowest BCUT2D eigenvalue weighted by molar-refractivity contribution is 0.0389. The summed E-state index contributed by atoms with van der Waals surface area (Å²) in [6, 6.07) is 8.64. The van der Waals surface area contributed by atoms with Gasteiger partial charge in [-0.1, -0.05) is 29.8 Å². The molecule has 1 fully saturated rings. The highest BCUT2D eigenvalue weighted by Crippen LogP contribution is 2.03. The van der Waals surface area contributed by atoms with Gasteiger partial charge in [0.05, 0.1) is 13.2 Å². The van der Waals surface area contributed by atoms with E-state index in [1.54, 1.807) is 0 Å². The molecule has 0 radical (unpaired) electrons. The number of benzene rings is 1. The second kappa shape index (κ2) is 9.43. The molecule has 0 spiro atoms. The quantitative estimate of drug-likeness (QED) is 0.609. The Labute approximate surface area is 133 Å². The lowest BCUT2D eigenvalue weighted by Gasteiger charge is -2.26. The van der Waals surface area contributed by atoms with Gasteiger partial charge in [0.2, 0.25) is 0 Å². The third-order valence-corrected chi connectivity index (χ3v) is 3.84. The zero-order valence-corrected chi connectivity index (χ0v) is 13.8. The van der Waals surface area contributed by atoms with Gasteiger partial charge < -0.3 is 15.4 Å². The topological polar surface area (TPSA) is 48.9 Å². The molecule has 1 aromatic rings. The Kier molecular flexibility index (Phi) is 7.19. The third-order valence-electron chi connectivity index (χ3n) is 3.84. The van der Waals surface area contributed by atoms with Gasteiger partial charge in [0.15, 0.2) is 5.96 Å². The molecule has 1 aliphatic heterocycles. The number of guanidine groups is 1. The molecule has 0 unspecified atom stereocenters. The predicted octanol–water partition coefficient (Wildman–Crippen LogP) is 1.03. The Morgan fingerprint density at radius 1 is 1.23 bits per heavy atom. The largest absolute Gasteiger partial charge is 0.379 e. The molecule has 0 atom stereocenters. The van der Waals surface area contributed by atoms with E-state index in [9.17, 15) is 0 Å². The zero-order valence-electron chi connectivity index (χ0n) is 13.8. The van der Waals surface area contributed by atoms with E-state index in [0.29, 0.717) is 0 Å². The molecule has 0 aromatic heterocycles. The van der Waals surface area contributed by atoms with Crippen molar-refractivity contribution in [2.75, 3.05) is 53.0 Å². The fraction of sp³-hybridized carbons (Fsp3) is 0.588. The number of rotatable bonds is 6. The van der Waals surface area contributed by atoms with Crippen LogP contribution < -0.4 is 10.6 Å². The van der Waals surface area contributed by atoms with Crippen LogP contribution in [0.1, 0.15) is 11.1 Å². The van der Waals surface area contributed by atoms with Gasteiger partial charge in [0.25, 0.3) is 0 Å². The van der Waals surface area contributed by atoms with Gasteiger partial charge in [-0.15, -0.1) is 0 Å². The maximum atomic E-state index is 5.35. The van der Waals surface area contributed by atoms with Crippen LogP contribution in [0, 0.1) is 6.92 Å². The molecule has 0 aliphatic carbocycles. The molecule has 5 nitrogen and oxygen atoms in total. The minimum absolute atomic E-state index is 0.851. The van der Waals surface area contributed by atoms with Crippen molar-refractivity contribution in [2.45, 2.75) is 13.3 Å². The summed E-state index contributed by atoms with van der Waals surface area (Å²) >= 11 is 0. The van der Waals surface area contributed by atoms with Crippen molar-refractivity contribution in [3.63, 3.8) is 0 Å². The van der Waals surface area contributed by atoms with Crippen LogP contribution in [0.5, 0.6) is 0 Å². The predicted molar refractivity (Wildman–Crippen MR) is 91.5 cm³/mol. The average Bonchev–Trinajstić information content (AvgIpc) is 2.54. The molecule has 1 aliphatic rings. The number of hydrogen-bond donors (Lipinski definition) is 2. The highest BCUT2D eigenvalue weighted by atomic mass is 16.5. The van der Waals surface area contributed by atoms with Crippen molar-refractivity contribution >= 4 is 5.96 Å². The zero-order chi connectivity index (χ0) is 15.6. The molecule has 0 bridgehead atoms. The molecule has 1 saturated heterocycles. The van der Waals surface area contributed by atoms with Crippen molar-refractivity contribution in [1.82, 2.24) is 15.5 Å². The Bertz CT molecular complexity index is 469. The summed E-state index contributed by atoms with van der Waals surface area (Å²) in [4.78, 5) is 6.68. The van der Waals surface area contributed by atoms with Crippen molar-refractivity contribution in [1.29, 1.82) is 0 Å². The number of hydrogen-bond acceptors (Lipinski definition) is 3. The van der Waals surface area contributed by atoms with E-state index in [1.807, 2.05) is 7.05 Å². The standard InChI is InChI=1S/C17H28N4O/c1-15-4-3-5-16(14-15)6-7-19-17(18-2)20-8-9-21-10-12-22-13-11-21/h3-5,14H,6-13H2,1-2H3,(H2,18,19,20). The molecule has 0 amide bonds. The van der Waals surface area contributed by atoms with Gasteiger partial charge in [0.1, 0.15) is 0 Å². The number of nitrogens with zero attached hydrogens (tertiary/aromatic N) is 2. The number of morpholine rings is 1. The summed E-state index contributed by atoms with van der Waals surface area (Å²) in [5.74, 6) is 0.876. The van der Waals surface area contributed by atoms with E-state index in [0.717, 1.165) is 58.3 Å². The molecular formula is C17H28N4O. The molecule has 2 rings (SSSR count). The molecule has 2 N–H and O–H groups in total. The first-order valence-corrected chi connectivity index (χ1v) is 8.08. The van der Waals surface area contributed by atoms with Crippen LogP contribution in [0.3, 0.4) is 0 Å². The highest BCUT2D eigenvalue weighted by molar-refractivity contribution is 5.79. The summed E-state index contributed by atoms with van der Waals surface area (Å²) in [6.07, 6.45) is 1.01. The van der Waals surface area contributed by atoms with Crippen LogP contribution in [0.4, 0.5) is 0 Å². The second-order valence-electron chi connectivity index (χ2n) is 5.62. The molecule has 122 valence electrons. The van der Waals surface area contributed by atoms with Crippen LogP contribution >= 0.6 is 0 Å². The third kappa shape index (κ3) is 6.03. The van der Waals surface area contributed by atoms with Crippen LogP contribution in [0.25, 0.3) is 0 Å². The van der Waals surface area contributed by atoms with Crippen LogP contribution in [-0.2, 0) is 11.2 Å². The normalized spacial score (nSPS) is 16.5. The number of aryl methyl sites for hydroxylation is 1. The first kappa shape index (κ1) is 16.8. The molecular weight excluding hydrogens is 276 g/mol. The molecule has 1 heterocycles. The fourth-order valence-electron chi connectivity index (χ4n) is 2.57. The Morgan fingerprint density at radius 3 is 2.73 bits per heavy atom. The second-order valence-corrected chi connectivity index (χ2v) is 5.62. The average molecular weight is 304 g/mol. The van der Waals surface area contributed by atoms with Crippen molar-refractivity contribution < 1.29 is 4.74 Å². The van der Waals surface area contributed by atoms with E-state index >= 15 is 0 Å². The number of aliphatic imine (C=N–C) groups is 1. The van der Waals surface area contributed by atoms with E-state index in [1.165, 1.54) is 11.1 Å². The Hall–Kier alpha value is -1.59. The summed E-state index contributed by atoms with van der Waals surface area (Å²) in [7, 11) is 1.82. The first-order chi connectivity index (χ1) is 10.8. The minimum atomic E-state index is 0.851. The monoisotopic (exact) mass is 304 g/mol. The van der Waals surface area contributed by atoms with Crippen molar-refractivity contribution in [2.24, 2.45) is 4.99 Å². The van der Waals surface area contributed by atoms with E-state index in [2.05, 4.69) is 51.7 Å². The van der Waals surface area contributed by atoms with E-state index in [-0.39, 0.29) is 0 Å². The van der Waals surface area contributed by atoms with Crippen LogP contribution in [0.2, 0.25) is 0 Å². The molecule has 0 saturated carbocycles. The van der Waals surface area contributed by atoms with E-state index < -0.39 is 0 Å². The van der Waals surface area contributed by atoms with Gasteiger partial charge in [0, 0.05) is 39.8 Å². The molecule has 5 heteroatoms. The minimum Gasteiger partial charge on any atom is -0.379 e. The lowest BCUT2D eigenvalue weighted by Crippen LogP contribution is -2.44. The summed E-state index contributed by atoms with van der Waals surface area (Å²) < 4.78 is 5.35. The first-order valence-electron chi connectivity index (χ1n) is 8.08. The Morgan fingerprint density at radius 2 is 2.00 bits per heavy atom. The molecule has 1 aromatic carbocycles. The van der Waals surface area contributed by atoms with Gasteiger partial charge in [-0.2, -0.15) is 0 Å². The summed E-state index contributed by atoms with van der Waals surface area (Å²) in [5.41, 5.74) is 2.67. The van der Waals surface area contributed by atoms with Gasteiger partial charge in [-0.3, -0.25) is 9.89 Å². The van der Waals surface area contributed by atoms with Crippen LogP contribution in [-0.4, -0.2) is 63.8 Å². The number of nitrogens with one attached hydrogen (secondary N) is 2. The van der Waals surface area contributed by atoms with E-state index in [4.69, 9.17) is 4.74 Å². The summed E-state index contributed by atoms with van der Waals surface area (Å²) in [6.45, 7) is 8.71. The van der Waals surface area contributed by atoms with Crippen molar-refractivity contribution in [3.8, 4) is 0 Å². The maximum Gasteiger partial charge on any atom is 0.191 e. The van der Waals surface area contributed by atoms with Gasteiger partial charge >= 0.3 is 0 Å². The van der Waals surface area contributed by atoms with Crippen LogP contribution in [0.15, 0.2) is 29.3 Å². The highest BCUT2D eigenvalue weighted by Gasteiger charge is 2.09. The maximum absolute atomic E-state index is 5.35. The SMILES string of the molecule is CN=C(NCCc1cccc(C)c1)NCCN1CCOCC1. The van der Waals surface area contributed by atoms with Gasteiger partial charge in [-0.05, 0) is 18.9 Å².